The molecule has 2 aliphatic heterocycles. The minimum absolute atomic E-state index is 0.0527. The molecule has 0 radical (unpaired) electrons. The van der Waals surface area contributed by atoms with E-state index in [0.29, 0.717) is 12.1 Å². The van der Waals surface area contributed by atoms with E-state index in [0.717, 1.165) is 0 Å². The van der Waals surface area contributed by atoms with Gasteiger partial charge < -0.3 is 35.8 Å². The summed E-state index contributed by atoms with van der Waals surface area (Å²) in [7, 11) is -4.08. The summed E-state index contributed by atoms with van der Waals surface area (Å²) in [6.45, 7) is 6.14. The van der Waals surface area contributed by atoms with Crippen LogP contribution in [0.4, 0.5) is 5.95 Å². The van der Waals surface area contributed by atoms with Crippen LogP contribution in [0.2, 0.25) is 0 Å². The molecule has 39 heavy (non-hydrogen) atoms. The van der Waals surface area contributed by atoms with Crippen molar-refractivity contribution in [1.29, 1.82) is 0 Å². The van der Waals surface area contributed by atoms with E-state index in [1.807, 2.05) is 0 Å². The van der Waals surface area contributed by atoms with Gasteiger partial charge >= 0.3 is 7.82 Å². The lowest BCUT2D eigenvalue weighted by Gasteiger charge is -2.35. The number of anilines is 1. The SMILES string of the molecule is CCOc1nc(N)nc2c1ncn2[C@@H]1O[C@@H]2COP(=O)(OCCCNC(=O)[C@H](O)C(C)(C)CO)O[C@H]2[C@@]1(C)O. The van der Waals surface area contributed by atoms with Crippen molar-refractivity contribution >= 4 is 30.8 Å². The van der Waals surface area contributed by atoms with Crippen molar-refractivity contribution in [1.82, 2.24) is 24.8 Å². The van der Waals surface area contributed by atoms with Gasteiger partial charge in [-0.15, -0.1) is 0 Å². The van der Waals surface area contributed by atoms with Gasteiger partial charge in [0.25, 0.3) is 0 Å². The number of amides is 1. The van der Waals surface area contributed by atoms with Crippen molar-refractivity contribution in [3.63, 3.8) is 0 Å². The Hall–Kier alpha value is -2.43. The molecule has 1 unspecified atom stereocenters. The number of carbonyl (C=O) groups is 1. The first-order valence-corrected chi connectivity index (χ1v) is 13.9. The number of nitrogens with one attached hydrogen (secondary N) is 1. The number of aliphatic hydroxyl groups excluding tert-OH is 2. The van der Waals surface area contributed by atoms with Crippen molar-refractivity contribution in [3.05, 3.63) is 6.33 Å². The number of nitrogens with zero attached hydrogens (tertiary/aromatic N) is 4. The highest BCUT2D eigenvalue weighted by Crippen LogP contribution is 2.58. The van der Waals surface area contributed by atoms with Crippen LogP contribution >= 0.6 is 7.82 Å². The van der Waals surface area contributed by atoms with Crippen LogP contribution in [0.5, 0.6) is 5.88 Å². The van der Waals surface area contributed by atoms with Gasteiger partial charge in [-0.05, 0) is 20.3 Å². The summed E-state index contributed by atoms with van der Waals surface area (Å²) in [6.07, 6.45) is -2.69. The third kappa shape index (κ3) is 5.88. The molecule has 0 spiro atoms. The largest absolute Gasteiger partial charge is 0.476 e. The van der Waals surface area contributed by atoms with Crippen LogP contribution in [0.3, 0.4) is 0 Å². The summed E-state index contributed by atoms with van der Waals surface area (Å²) in [5.41, 5.74) is 3.72. The molecule has 2 aromatic rings. The Morgan fingerprint density at radius 2 is 2.18 bits per heavy atom. The quantitative estimate of drug-likeness (QED) is 0.174. The zero-order chi connectivity index (χ0) is 28.6. The third-order valence-corrected chi connectivity index (χ3v) is 8.01. The minimum atomic E-state index is -4.08. The second-order valence-electron chi connectivity index (χ2n) is 10.2. The first kappa shape index (κ1) is 29.6. The number of carbonyl (C=O) groups excluding carboxylic acids is 1. The molecule has 0 aliphatic carbocycles. The average molecular weight is 575 g/mol. The van der Waals surface area contributed by atoms with Gasteiger partial charge in [-0.2, -0.15) is 9.97 Å². The van der Waals surface area contributed by atoms with Crippen LogP contribution in [0, 0.1) is 5.41 Å². The number of rotatable bonds is 11. The van der Waals surface area contributed by atoms with Crippen molar-refractivity contribution in [2.24, 2.45) is 5.41 Å². The molecule has 6 atom stereocenters. The number of imidazole rings is 1. The molecule has 2 saturated heterocycles. The molecule has 6 N–H and O–H groups in total. The van der Waals surface area contributed by atoms with E-state index in [9.17, 15) is 24.7 Å². The molecule has 16 nitrogen and oxygen atoms in total. The Labute approximate surface area is 224 Å². The van der Waals surface area contributed by atoms with Crippen LogP contribution < -0.4 is 15.8 Å². The fraction of sp³-hybridized carbons (Fsp3) is 0.727. The van der Waals surface area contributed by atoms with Crippen molar-refractivity contribution in [3.8, 4) is 5.88 Å². The predicted octanol–water partition coefficient (Wildman–Crippen LogP) is -0.119. The fourth-order valence-corrected chi connectivity index (χ4v) is 5.76. The van der Waals surface area contributed by atoms with Gasteiger partial charge in [0.15, 0.2) is 17.4 Å². The van der Waals surface area contributed by atoms with Crippen LogP contribution in [0.25, 0.3) is 11.2 Å². The lowest BCUT2D eigenvalue weighted by molar-refractivity contribution is -0.137. The Morgan fingerprint density at radius 1 is 1.44 bits per heavy atom. The van der Waals surface area contributed by atoms with Gasteiger partial charge in [-0.25, -0.2) is 9.55 Å². The highest BCUT2D eigenvalue weighted by Gasteiger charge is 2.60. The van der Waals surface area contributed by atoms with Crippen molar-refractivity contribution < 1.29 is 47.7 Å². The number of aliphatic hydroxyl groups is 3. The number of phosphoric acid groups is 1. The monoisotopic (exact) mass is 574 g/mol. The first-order valence-electron chi connectivity index (χ1n) is 12.5. The van der Waals surface area contributed by atoms with E-state index in [1.54, 1.807) is 20.8 Å². The molecular formula is C22H35N6O10P. The lowest BCUT2D eigenvalue weighted by atomic mass is 9.87. The molecule has 17 heteroatoms. The third-order valence-electron chi connectivity index (χ3n) is 6.56. The number of hydrogen-bond donors (Lipinski definition) is 5. The van der Waals surface area contributed by atoms with E-state index >= 15 is 0 Å². The van der Waals surface area contributed by atoms with Gasteiger partial charge in [-0.1, -0.05) is 13.8 Å². The number of ether oxygens (including phenoxy) is 2. The summed E-state index contributed by atoms with van der Waals surface area (Å²) >= 11 is 0. The van der Waals surface area contributed by atoms with E-state index in [4.69, 9.17) is 28.8 Å². The summed E-state index contributed by atoms with van der Waals surface area (Å²) in [5, 5.41) is 33.3. The van der Waals surface area contributed by atoms with Crippen molar-refractivity contribution in [2.75, 3.05) is 38.7 Å². The molecule has 1 amide bonds. The predicted molar refractivity (Wildman–Crippen MR) is 134 cm³/mol. The Kier molecular flexibility index (Phi) is 8.50. The number of phosphoric ester groups is 1. The number of nitrogens with two attached hydrogens (primary N) is 1. The molecule has 0 saturated carbocycles. The fourth-order valence-electron chi connectivity index (χ4n) is 4.26. The zero-order valence-electron chi connectivity index (χ0n) is 22.1. The van der Waals surface area contributed by atoms with E-state index in [-0.39, 0.29) is 50.3 Å². The number of aromatic nitrogens is 4. The van der Waals surface area contributed by atoms with Crippen LogP contribution in [-0.2, 0) is 27.7 Å². The minimum Gasteiger partial charge on any atom is -0.476 e. The molecular weight excluding hydrogens is 539 g/mol. The van der Waals surface area contributed by atoms with Gasteiger partial charge in [-0.3, -0.25) is 22.9 Å². The normalized spacial score (nSPS) is 29.8. The standard InChI is InChI=1S/C22H35N6O10P/c1-5-34-18-13-16(26-20(23)27-18)28(11-25-13)19-22(4,32)15-12(37-19)9-36-39(33,38-15)35-8-6-7-24-17(31)14(30)21(2,3)10-29/h11-12,14-15,19,29-30,32H,5-10H2,1-4H3,(H,24,31)(H2,23,26,27)/t12-,14+,15-,19-,22-,39?/m1/s1. The Balaban J connectivity index is 1.38. The molecule has 2 fully saturated rings. The smallest absolute Gasteiger partial charge is 0.475 e. The molecule has 2 aromatic heterocycles. The molecule has 0 aromatic carbocycles. The summed E-state index contributed by atoms with van der Waals surface area (Å²) in [5.74, 6) is -0.511. The van der Waals surface area contributed by atoms with Crippen molar-refractivity contribution in [2.45, 2.75) is 64.3 Å². The summed E-state index contributed by atoms with van der Waals surface area (Å²) in [6, 6.07) is 0. The topological polar surface area (TPSA) is 223 Å². The van der Waals surface area contributed by atoms with Crippen LogP contribution in [-0.4, -0.2) is 97.6 Å². The second kappa shape index (κ2) is 11.2. The summed E-state index contributed by atoms with van der Waals surface area (Å²) in [4.78, 5) is 24.6. The lowest BCUT2D eigenvalue weighted by Crippen LogP contribution is -2.47. The molecule has 2 aliphatic rings. The maximum absolute atomic E-state index is 13.1. The number of fused-ring (bicyclic) bond motifs is 2. The Bertz CT molecular complexity index is 1240. The Morgan fingerprint density at radius 3 is 2.87 bits per heavy atom. The van der Waals surface area contributed by atoms with Crippen LogP contribution in [0.15, 0.2) is 6.33 Å². The second-order valence-corrected chi connectivity index (χ2v) is 11.8. The first-order chi connectivity index (χ1) is 18.3. The zero-order valence-corrected chi connectivity index (χ0v) is 23.0. The molecule has 4 heterocycles. The maximum atomic E-state index is 13.1. The van der Waals surface area contributed by atoms with Crippen LogP contribution in [0.1, 0.15) is 40.3 Å². The highest BCUT2D eigenvalue weighted by atomic mass is 31.2. The number of nitrogen functional groups attached to an aromatic ring is 1. The summed E-state index contributed by atoms with van der Waals surface area (Å²) < 4.78 is 42.5. The highest BCUT2D eigenvalue weighted by molar-refractivity contribution is 7.48. The molecule has 218 valence electrons. The number of hydrogen-bond acceptors (Lipinski definition) is 14. The molecule has 0 bridgehead atoms. The van der Waals surface area contributed by atoms with Gasteiger partial charge in [0.1, 0.15) is 23.9 Å². The average Bonchev–Trinajstić information content (AvgIpc) is 3.40. The van der Waals surface area contributed by atoms with Gasteiger partial charge in [0.05, 0.1) is 32.8 Å². The molecule has 4 rings (SSSR count). The maximum Gasteiger partial charge on any atom is 0.475 e. The van der Waals surface area contributed by atoms with E-state index in [2.05, 4.69) is 20.3 Å². The van der Waals surface area contributed by atoms with Gasteiger partial charge in [0, 0.05) is 12.0 Å². The van der Waals surface area contributed by atoms with Gasteiger partial charge in [0.2, 0.25) is 17.7 Å². The van der Waals surface area contributed by atoms with E-state index in [1.165, 1.54) is 17.8 Å². The van der Waals surface area contributed by atoms with E-state index < -0.39 is 49.3 Å².